The van der Waals surface area contributed by atoms with Gasteiger partial charge < -0.3 is 10.6 Å². The first-order valence-electron chi connectivity index (χ1n) is 4.76. The zero-order valence-electron chi connectivity index (χ0n) is 8.12. The van der Waals surface area contributed by atoms with Crippen molar-refractivity contribution in [2.75, 3.05) is 31.6 Å². The summed E-state index contributed by atoms with van der Waals surface area (Å²) >= 11 is 2.05. The van der Waals surface area contributed by atoms with Gasteiger partial charge >= 0.3 is 0 Å². The lowest BCUT2D eigenvalue weighted by molar-refractivity contribution is 0.272. The Labute approximate surface area is 79.9 Å². The van der Waals surface area contributed by atoms with Crippen molar-refractivity contribution in [1.82, 2.24) is 4.90 Å². The van der Waals surface area contributed by atoms with Crippen LogP contribution >= 0.6 is 11.8 Å². The molecular weight excluding hydrogens is 168 g/mol. The minimum absolute atomic E-state index is 0.445. The van der Waals surface area contributed by atoms with Crippen molar-refractivity contribution in [2.45, 2.75) is 19.4 Å². The molecule has 0 aromatic carbocycles. The molecule has 0 aromatic rings. The molecule has 0 aromatic heterocycles. The monoisotopic (exact) mass is 188 g/mol. The first-order valence-corrected chi connectivity index (χ1v) is 5.91. The third kappa shape index (κ3) is 2.96. The number of thioether (sulfide) groups is 1. The van der Waals surface area contributed by atoms with E-state index in [-0.39, 0.29) is 0 Å². The van der Waals surface area contributed by atoms with E-state index in [1.807, 2.05) is 0 Å². The number of nitrogens with zero attached hydrogens (tertiary/aromatic N) is 1. The first kappa shape index (κ1) is 10.4. The Bertz CT molecular complexity index is 130. The molecular formula is C9H20N2S. The number of rotatable bonds is 3. The molecule has 2 N–H and O–H groups in total. The highest BCUT2D eigenvalue weighted by molar-refractivity contribution is 7.99. The Hall–Kier alpha value is 0.270. The maximum Gasteiger partial charge on any atom is 0.00951 e. The van der Waals surface area contributed by atoms with E-state index in [1.54, 1.807) is 0 Å². The van der Waals surface area contributed by atoms with Gasteiger partial charge in [-0.1, -0.05) is 6.92 Å². The molecule has 2 nitrogen and oxygen atoms in total. The summed E-state index contributed by atoms with van der Waals surface area (Å²) in [6.07, 6.45) is 1.20. The molecule has 1 rings (SSSR count). The predicted molar refractivity (Wildman–Crippen MR) is 56.6 cm³/mol. The van der Waals surface area contributed by atoms with Gasteiger partial charge in [-0.25, -0.2) is 0 Å². The van der Waals surface area contributed by atoms with Gasteiger partial charge in [-0.05, 0) is 37.4 Å². The lowest BCUT2D eigenvalue weighted by Crippen LogP contribution is -2.42. The van der Waals surface area contributed by atoms with Crippen molar-refractivity contribution >= 4 is 11.8 Å². The average Bonchev–Trinajstić information content (AvgIpc) is 2.09. The standard InChI is InChI=1S/C9H20N2S/c1-3-11(2)6-8-7-12-5-4-9(8)10/h8-9H,3-7,10H2,1-2H3. The highest BCUT2D eigenvalue weighted by Crippen LogP contribution is 2.22. The molecule has 0 amide bonds. The third-order valence-electron chi connectivity index (χ3n) is 2.62. The largest absolute Gasteiger partial charge is 0.327 e. The van der Waals surface area contributed by atoms with Gasteiger partial charge in [-0.3, -0.25) is 0 Å². The number of hydrogen-bond acceptors (Lipinski definition) is 3. The summed E-state index contributed by atoms with van der Waals surface area (Å²) in [7, 11) is 2.17. The van der Waals surface area contributed by atoms with E-state index >= 15 is 0 Å². The summed E-state index contributed by atoms with van der Waals surface area (Å²) in [5.41, 5.74) is 6.04. The van der Waals surface area contributed by atoms with Crippen LogP contribution in [0.3, 0.4) is 0 Å². The Morgan fingerprint density at radius 3 is 2.92 bits per heavy atom. The summed E-state index contributed by atoms with van der Waals surface area (Å²) < 4.78 is 0. The van der Waals surface area contributed by atoms with Crippen LogP contribution in [-0.2, 0) is 0 Å². The van der Waals surface area contributed by atoms with Crippen LogP contribution in [0.5, 0.6) is 0 Å². The van der Waals surface area contributed by atoms with Crippen LogP contribution in [0.2, 0.25) is 0 Å². The van der Waals surface area contributed by atoms with Gasteiger partial charge in [0.1, 0.15) is 0 Å². The molecule has 0 spiro atoms. The summed E-state index contributed by atoms with van der Waals surface area (Å²) in [5, 5.41) is 0. The minimum atomic E-state index is 0.445. The molecule has 1 aliphatic heterocycles. The molecule has 0 saturated carbocycles. The molecule has 1 saturated heterocycles. The second-order valence-electron chi connectivity index (χ2n) is 3.64. The Morgan fingerprint density at radius 1 is 1.58 bits per heavy atom. The molecule has 0 aliphatic carbocycles. The normalized spacial score (nSPS) is 31.0. The zero-order chi connectivity index (χ0) is 8.97. The molecule has 2 unspecified atom stereocenters. The lowest BCUT2D eigenvalue weighted by Gasteiger charge is -2.31. The first-order chi connectivity index (χ1) is 5.74. The fraction of sp³-hybridized carbons (Fsp3) is 1.00. The van der Waals surface area contributed by atoms with Gasteiger partial charge in [0, 0.05) is 12.6 Å². The Morgan fingerprint density at radius 2 is 2.33 bits per heavy atom. The summed E-state index contributed by atoms with van der Waals surface area (Å²) in [6, 6.07) is 0.445. The zero-order valence-corrected chi connectivity index (χ0v) is 8.94. The van der Waals surface area contributed by atoms with Crippen LogP contribution in [0.25, 0.3) is 0 Å². The van der Waals surface area contributed by atoms with E-state index in [9.17, 15) is 0 Å². The van der Waals surface area contributed by atoms with Crippen molar-refractivity contribution in [1.29, 1.82) is 0 Å². The smallest absolute Gasteiger partial charge is 0.00951 e. The van der Waals surface area contributed by atoms with Crippen LogP contribution in [0.15, 0.2) is 0 Å². The van der Waals surface area contributed by atoms with E-state index < -0.39 is 0 Å². The van der Waals surface area contributed by atoms with Crippen molar-refractivity contribution in [3.8, 4) is 0 Å². The molecule has 2 atom stereocenters. The van der Waals surface area contributed by atoms with Gasteiger partial charge in [-0.15, -0.1) is 0 Å². The Kier molecular flexibility index (Phi) is 4.40. The molecule has 3 heteroatoms. The fourth-order valence-corrected chi connectivity index (χ4v) is 2.79. The van der Waals surface area contributed by atoms with Crippen LogP contribution in [0.1, 0.15) is 13.3 Å². The molecule has 12 heavy (non-hydrogen) atoms. The van der Waals surface area contributed by atoms with Crippen molar-refractivity contribution < 1.29 is 0 Å². The van der Waals surface area contributed by atoms with Crippen LogP contribution in [0.4, 0.5) is 0 Å². The topological polar surface area (TPSA) is 29.3 Å². The van der Waals surface area contributed by atoms with Gasteiger partial charge in [0.25, 0.3) is 0 Å². The van der Waals surface area contributed by atoms with Crippen LogP contribution in [-0.4, -0.2) is 42.6 Å². The number of hydrogen-bond donors (Lipinski definition) is 1. The maximum atomic E-state index is 6.04. The maximum absolute atomic E-state index is 6.04. The fourth-order valence-electron chi connectivity index (χ4n) is 1.53. The summed E-state index contributed by atoms with van der Waals surface area (Å²) in [6.45, 7) is 4.50. The van der Waals surface area contributed by atoms with E-state index in [0.717, 1.165) is 6.54 Å². The van der Waals surface area contributed by atoms with Crippen molar-refractivity contribution in [3.05, 3.63) is 0 Å². The molecule has 0 bridgehead atoms. The quantitative estimate of drug-likeness (QED) is 0.717. The van der Waals surface area contributed by atoms with E-state index in [1.165, 1.54) is 24.5 Å². The molecule has 1 fully saturated rings. The van der Waals surface area contributed by atoms with E-state index in [0.29, 0.717) is 12.0 Å². The molecule has 1 aliphatic rings. The highest BCUT2D eigenvalue weighted by Gasteiger charge is 2.22. The second-order valence-corrected chi connectivity index (χ2v) is 4.79. The van der Waals surface area contributed by atoms with Crippen LogP contribution in [0, 0.1) is 5.92 Å². The van der Waals surface area contributed by atoms with Gasteiger partial charge in [0.2, 0.25) is 0 Å². The van der Waals surface area contributed by atoms with Gasteiger partial charge in [0.05, 0.1) is 0 Å². The molecule has 72 valence electrons. The van der Waals surface area contributed by atoms with E-state index in [4.69, 9.17) is 5.73 Å². The SMILES string of the molecule is CCN(C)CC1CSCCC1N. The lowest BCUT2D eigenvalue weighted by atomic mass is 9.99. The third-order valence-corrected chi connectivity index (χ3v) is 3.81. The molecule has 1 heterocycles. The highest BCUT2D eigenvalue weighted by atomic mass is 32.2. The van der Waals surface area contributed by atoms with Crippen molar-refractivity contribution in [3.63, 3.8) is 0 Å². The van der Waals surface area contributed by atoms with Crippen LogP contribution < -0.4 is 5.73 Å². The second kappa shape index (κ2) is 5.10. The molecule has 0 radical (unpaired) electrons. The number of nitrogens with two attached hydrogens (primary N) is 1. The van der Waals surface area contributed by atoms with Gasteiger partial charge in [-0.2, -0.15) is 11.8 Å². The Balaban J connectivity index is 2.28. The predicted octanol–water partition coefficient (Wildman–Crippen LogP) is 1.02. The van der Waals surface area contributed by atoms with Gasteiger partial charge in [0.15, 0.2) is 0 Å². The summed E-state index contributed by atoms with van der Waals surface area (Å²) in [5.74, 6) is 3.23. The summed E-state index contributed by atoms with van der Waals surface area (Å²) in [4.78, 5) is 2.36. The van der Waals surface area contributed by atoms with Crippen molar-refractivity contribution in [2.24, 2.45) is 11.7 Å². The van der Waals surface area contributed by atoms with E-state index in [2.05, 4.69) is 30.6 Å². The average molecular weight is 188 g/mol. The minimum Gasteiger partial charge on any atom is -0.327 e.